The molecule has 1 unspecified atom stereocenters. The number of rotatable bonds is 7. The molecule has 4 aromatic rings. The monoisotopic (exact) mass is 848 g/mol. The third kappa shape index (κ3) is 6.93. The average Bonchev–Trinajstić information content (AvgIpc) is 3.96. The number of alkyl halides is 2. The van der Waals surface area contributed by atoms with Gasteiger partial charge >= 0.3 is 0 Å². The maximum absolute atomic E-state index is 14.7. The van der Waals surface area contributed by atoms with Gasteiger partial charge in [0.05, 0.1) is 29.9 Å². The van der Waals surface area contributed by atoms with Crippen molar-refractivity contribution in [2.75, 3.05) is 49.1 Å². The summed E-state index contributed by atoms with van der Waals surface area (Å²) in [6, 6.07) is 8.42. The van der Waals surface area contributed by atoms with Crippen LogP contribution in [0.2, 0.25) is 0 Å². The second-order valence-electron chi connectivity index (χ2n) is 17.6. The van der Waals surface area contributed by atoms with E-state index in [2.05, 4.69) is 29.8 Å². The molecule has 6 aliphatic heterocycles. The summed E-state index contributed by atoms with van der Waals surface area (Å²) >= 11 is 0. The molecule has 3 fully saturated rings. The van der Waals surface area contributed by atoms with Gasteiger partial charge < -0.3 is 19.6 Å². The first-order valence-electron chi connectivity index (χ1n) is 21.9. The molecule has 0 aliphatic carbocycles. The van der Waals surface area contributed by atoms with Crippen LogP contribution in [0.1, 0.15) is 107 Å². The van der Waals surface area contributed by atoms with E-state index in [-0.39, 0.29) is 41.5 Å². The highest BCUT2D eigenvalue weighted by atomic mass is 19.3. The third-order valence-electron chi connectivity index (χ3n) is 14.0. The van der Waals surface area contributed by atoms with Crippen LogP contribution in [0, 0.1) is 0 Å². The van der Waals surface area contributed by atoms with Gasteiger partial charge in [0.15, 0.2) is 5.82 Å². The highest BCUT2D eigenvalue weighted by molar-refractivity contribution is 6.23. The largest absolute Gasteiger partial charge is 0.371 e. The molecule has 1 atom stereocenters. The van der Waals surface area contributed by atoms with Gasteiger partial charge in [0.2, 0.25) is 17.7 Å². The normalized spacial score (nSPS) is 21.5. The van der Waals surface area contributed by atoms with Crippen molar-refractivity contribution in [3.63, 3.8) is 0 Å². The Morgan fingerprint density at radius 1 is 0.839 bits per heavy atom. The zero-order chi connectivity index (χ0) is 43.0. The van der Waals surface area contributed by atoms with Gasteiger partial charge in [-0.25, -0.2) is 8.78 Å². The van der Waals surface area contributed by atoms with Gasteiger partial charge in [0, 0.05) is 112 Å². The number of imide groups is 2. The summed E-state index contributed by atoms with van der Waals surface area (Å²) in [5.74, 6) is -1.27. The van der Waals surface area contributed by atoms with Crippen molar-refractivity contribution in [1.82, 2.24) is 39.6 Å². The van der Waals surface area contributed by atoms with E-state index in [1.807, 2.05) is 17.0 Å². The minimum Gasteiger partial charge on any atom is -0.371 e. The molecule has 3 saturated heterocycles. The molecule has 6 aliphatic rings. The molecule has 0 saturated carbocycles. The number of benzene rings is 2. The van der Waals surface area contributed by atoms with E-state index in [1.54, 1.807) is 49.2 Å². The topological polar surface area (TPSA) is 149 Å². The van der Waals surface area contributed by atoms with Crippen LogP contribution in [0.3, 0.4) is 0 Å². The Morgan fingerprint density at radius 2 is 1.60 bits per heavy atom. The summed E-state index contributed by atoms with van der Waals surface area (Å²) in [4.78, 5) is 73.4. The standard InChI is InChI=1S/C45H50F2N10O5/c1-26(58)54-19-13-37-36(25-54)42(55-14-3-4-27-20-33(28-23-48-51(2)24-28)34(41(46)47)22-39(27)55)50-57(37)30-11-17-52(18-12-30)29-9-15-53(16-10-29)31-5-6-32-35(21-31)45(62)56(44(32)61)38-7-8-40(59)49-43(38)60/h5-6,20-24,29-30,38,41H,3-4,7-19,25H2,1-2H3,(H,49,59,60). The van der Waals surface area contributed by atoms with E-state index in [4.69, 9.17) is 5.10 Å². The molecule has 2 aromatic heterocycles. The number of aryl methyl sites for hydroxylation is 2. The lowest BCUT2D eigenvalue weighted by atomic mass is 9.92. The fourth-order valence-electron chi connectivity index (χ4n) is 10.7. The van der Waals surface area contributed by atoms with Crippen molar-refractivity contribution in [3.05, 3.63) is 76.2 Å². The van der Waals surface area contributed by atoms with Crippen molar-refractivity contribution in [2.45, 2.75) is 95.8 Å². The quantitative estimate of drug-likeness (QED) is 0.254. The second kappa shape index (κ2) is 15.7. The van der Waals surface area contributed by atoms with Gasteiger partial charge in [-0.2, -0.15) is 10.2 Å². The van der Waals surface area contributed by atoms with Crippen molar-refractivity contribution in [3.8, 4) is 11.1 Å². The molecule has 8 heterocycles. The zero-order valence-corrected chi connectivity index (χ0v) is 35.0. The van der Waals surface area contributed by atoms with Crippen molar-refractivity contribution < 1.29 is 32.8 Å². The molecule has 10 rings (SSSR count). The Morgan fingerprint density at radius 3 is 2.31 bits per heavy atom. The van der Waals surface area contributed by atoms with Crippen molar-refractivity contribution in [2.24, 2.45) is 7.05 Å². The average molecular weight is 849 g/mol. The number of likely N-dealkylation sites (tertiary alicyclic amines) is 1. The lowest BCUT2D eigenvalue weighted by Crippen LogP contribution is -2.54. The van der Waals surface area contributed by atoms with Gasteiger partial charge in [-0.1, -0.05) is 0 Å². The number of piperidine rings is 3. The van der Waals surface area contributed by atoms with E-state index >= 15 is 0 Å². The Balaban J connectivity index is 0.833. The van der Waals surface area contributed by atoms with Crippen LogP contribution in [-0.2, 0) is 40.8 Å². The molecule has 0 radical (unpaired) electrons. The summed E-state index contributed by atoms with van der Waals surface area (Å²) in [5, 5.41) is 11.8. The van der Waals surface area contributed by atoms with Gasteiger partial charge in [0.25, 0.3) is 18.2 Å². The number of hydrogen-bond donors (Lipinski definition) is 1. The fourth-order valence-corrected chi connectivity index (χ4v) is 10.7. The minimum atomic E-state index is -2.67. The Kier molecular flexibility index (Phi) is 10.2. The number of carbonyl (C=O) groups excluding carboxylic acids is 5. The number of hydrogen-bond acceptors (Lipinski definition) is 10. The molecule has 2 aromatic carbocycles. The van der Waals surface area contributed by atoms with Gasteiger partial charge in [0.1, 0.15) is 6.04 Å². The maximum Gasteiger partial charge on any atom is 0.264 e. The Bertz CT molecular complexity index is 2500. The van der Waals surface area contributed by atoms with E-state index < -0.39 is 36.1 Å². The van der Waals surface area contributed by atoms with Crippen LogP contribution in [0.25, 0.3) is 11.1 Å². The summed E-state index contributed by atoms with van der Waals surface area (Å²) < 4.78 is 33.3. The molecule has 15 nitrogen and oxygen atoms in total. The van der Waals surface area contributed by atoms with Crippen LogP contribution >= 0.6 is 0 Å². The molecule has 0 bridgehead atoms. The number of halogens is 2. The summed E-state index contributed by atoms with van der Waals surface area (Å²) in [5.41, 5.74) is 6.45. The van der Waals surface area contributed by atoms with Gasteiger partial charge in [-0.15, -0.1) is 0 Å². The maximum atomic E-state index is 14.7. The number of fused-ring (bicyclic) bond motifs is 3. The zero-order valence-electron chi connectivity index (χ0n) is 35.0. The number of nitrogens with zero attached hydrogens (tertiary/aromatic N) is 9. The predicted octanol–water partition coefficient (Wildman–Crippen LogP) is 4.92. The predicted molar refractivity (Wildman–Crippen MR) is 224 cm³/mol. The first-order chi connectivity index (χ1) is 29.9. The number of amides is 5. The lowest BCUT2D eigenvalue weighted by molar-refractivity contribution is -0.136. The first kappa shape index (κ1) is 40.1. The van der Waals surface area contributed by atoms with Crippen LogP contribution in [0.15, 0.2) is 42.7 Å². The van der Waals surface area contributed by atoms with Crippen LogP contribution < -0.4 is 15.1 Å². The fraction of sp³-hybridized carbons (Fsp3) is 0.489. The van der Waals surface area contributed by atoms with Crippen LogP contribution in [0.5, 0.6) is 0 Å². The van der Waals surface area contributed by atoms with Crippen molar-refractivity contribution in [1.29, 1.82) is 0 Å². The number of carbonyl (C=O) groups is 5. The van der Waals surface area contributed by atoms with E-state index in [0.717, 1.165) is 104 Å². The highest BCUT2D eigenvalue weighted by Crippen LogP contribution is 2.44. The number of anilines is 3. The summed E-state index contributed by atoms with van der Waals surface area (Å²) in [6.45, 7) is 6.68. The molecular weight excluding hydrogens is 799 g/mol. The number of nitrogens with one attached hydrogen (secondary N) is 1. The van der Waals surface area contributed by atoms with Gasteiger partial charge in [-0.05, 0) is 86.4 Å². The Hall–Kier alpha value is -5.97. The summed E-state index contributed by atoms with van der Waals surface area (Å²) in [6.07, 6.45) is 6.91. The first-order valence-corrected chi connectivity index (χ1v) is 21.9. The third-order valence-corrected chi connectivity index (χ3v) is 14.0. The van der Waals surface area contributed by atoms with E-state index in [1.165, 1.54) is 0 Å². The van der Waals surface area contributed by atoms with E-state index in [9.17, 15) is 32.8 Å². The lowest BCUT2D eigenvalue weighted by Gasteiger charge is -2.42. The smallest absolute Gasteiger partial charge is 0.264 e. The minimum absolute atomic E-state index is 0.00466. The van der Waals surface area contributed by atoms with E-state index in [0.29, 0.717) is 43.2 Å². The molecule has 5 amide bonds. The molecule has 17 heteroatoms. The molecule has 324 valence electrons. The number of aromatic nitrogens is 4. The molecule has 0 spiro atoms. The molecule has 1 N–H and O–H groups in total. The second-order valence-corrected chi connectivity index (χ2v) is 17.6. The SMILES string of the molecule is CC(=O)N1CCc2c(c(N3CCCc4cc(-c5cnn(C)c5)c(C(F)F)cc43)nn2C2CCN(C3CCN(c4ccc5c(c4)C(=O)N(C4CCC(=O)NC4=O)C5=O)CC3)CC2)C1. The highest BCUT2D eigenvalue weighted by Gasteiger charge is 2.45. The summed E-state index contributed by atoms with van der Waals surface area (Å²) in [7, 11) is 1.78. The van der Waals surface area contributed by atoms with Crippen LogP contribution in [-0.4, -0.2) is 115 Å². The van der Waals surface area contributed by atoms with Gasteiger partial charge in [-0.3, -0.25) is 43.6 Å². The molecular formula is C45H50F2N10O5. The van der Waals surface area contributed by atoms with Crippen molar-refractivity contribution >= 4 is 46.7 Å². The van der Waals surface area contributed by atoms with Crippen LogP contribution in [0.4, 0.5) is 26.0 Å². The Labute approximate surface area is 357 Å². The molecule has 62 heavy (non-hydrogen) atoms.